The number of carbonyl (C=O) groups is 1. The van der Waals surface area contributed by atoms with Gasteiger partial charge in [0.25, 0.3) is 6.43 Å². The molecule has 1 saturated carbocycles. The van der Waals surface area contributed by atoms with Crippen LogP contribution in [0.3, 0.4) is 0 Å². The number of halogens is 2. The van der Waals surface area contributed by atoms with Crippen LogP contribution in [0.4, 0.5) is 8.78 Å². The molecule has 1 heterocycles. The summed E-state index contributed by atoms with van der Waals surface area (Å²) in [7, 11) is 0. The number of rotatable bonds is 4. The van der Waals surface area contributed by atoms with Crippen LogP contribution in [0, 0.1) is 5.92 Å². The van der Waals surface area contributed by atoms with E-state index in [9.17, 15) is 13.6 Å². The summed E-state index contributed by atoms with van der Waals surface area (Å²) in [5, 5.41) is 8.70. The number of hydrogen-bond acceptors (Lipinski definition) is 3. The highest BCUT2D eigenvalue weighted by Crippen LogP contribution is 2.42. The Hall–Kier alpha value is -1.46. The molecule has 0 aliphatic heterocycles. The maximum absolute atomic E-state index is 12.5. The second kappa shape index (κ2) is 3.84. The van der Waals surface area contributed by atoms with E-state index in [-0.39, 0.29) is 11.8 Å². The summed E-state index contributed by atoms with van der Waals surface area (Å²) in [5.74, 6) is -1.85. The van der Waals surface area contributed by atoms with E-state index in [1.165, 1.54) is 0 Å². The predicted molar refractivity (Wildman–Crippen MR) is 49.6 cm³/mol. The monoisotopic (exact) mass is 231 g/mol. The van der Waals surface area contributed by atoms with E-state index >= 15 is 0 Å². The fourth-order valence-electron chi connectivity index (χ4n) is 1.64. The number of aromatic carboxylic acids is 1. The van der Waals surface area contributed by atoms with Gasteiger partial charge in [-0.2, -0.15) is 0 Å². The van der Waals surface area contributed by atoms with Crippen LogP contribution in [0.25, 0.3) is 0 Å². The summed E-state index contributed by atoms with van der Waals surface area (Å²) < 4.78 is 29.9. The van der Waals surface area contributed by atoms with Gasteiger partial charge in [0, 0.05) is 5.92 Å². The third-order valence-corrected chi connectivity index (χ3v) is 2.79. The maximum Gasteiger partial charge on any atom is 0.374 e. The third-order valence-electron chi connectivity index (χ3n) is 2.79. The van der Waals surface area contributed by atoms with Crippen molar-refractivity contribution in [2.24, 2.45) is 5.92 Å². The number of aromatic nitrogens is 1. The standard InChI is InChI=1S/C10H11F2NO3/c1-4(5-2-3-5)9-13-6(8(11)12)7(16-9)10(14)15/h4-5,8H,2-3H2,1H3,(H,14,15). The van der Waals surface area contributed by atoms with Gasteiger partial charge in [-0.25, -0.2) is 18.6 Å². The Kier molecular flexibility index (Phi) is 2.65. The van der Waals surface area contributed by atoms with Crippen molar-refractivity contribution in [1.82, 2.24) is 4.98 Å². The molecule has 16 heavy (non-hydrogen) atoms. The largest absolute Gasteiger partial charge is 0.475 e. The summed E-state index contributed by atoms with van der Waals surface area (Å²) >= 11 is 0. The van der Waals surface area contributed by atoms with Gasteiger partial charge < -0.3 is 9.52 Å². The molecule has 0 radical (unpaired) electrons. The SMILES string of the molecule is CC(c1nc(C(F)F)c(C(=O)O)o1)C1CC1. The molecule has 1 aliphatic carbocycles. The Morgan fingerprint density at radius 1 is 1.56 bits per heavy atom. The quantitative estimate of drug-likeness (QED) is 0.865. The van der Waals surface area contributed by atoms with E-state index in [0.717, 1.165) is 12.8 Å². The average Bonchev–Trinajstić information content (AvgIpc) is 2.94. The molecule has 0 bridgehead atoms. The zero-order valence-electron chi connectivity index (χ0n) is 8.61. The van der Waals surface area contributed by atoms with E-state index in [2.05, 4.69) is 4.98 Å². The van der Waals surface area contributed by atoms with E-state index in [4.69, 9.17) is 9.52 Å². The summed E-state index contributed by atoms with van der Waals surface area (Å²) in [6.45, 7) is 1.81. The number of nitrogens with zero attached hydrogens (tertiary/aromatic N) is 1. The lowest BCUT2D eigenvalue weighted by Crippen LogP contribution is -1.99. The molecule has 6 heteroatoms. The number of carboxylic acid groups (broad SMARTS) is 1. The molecule has 0 spiro atoms. The van der Waals surface area contributed by atoms with Crippen molar-refractivity contribution in [2.45, 2.75) is 32.1 Å². The summed E-state index contributed by atoms with van der Waals surface area (Å²) in [4.78, 5) is 14.3. The number of oxazole rings is 1. The normalized spacial score (nSPS) is 17.8. The van der Waals surface area contributed by atoms with Crippen LogP contribution in [0.1, 0.15) is 54.2 Å². The second-order valence-corrected chi connectivity index (χ2v) is 4.00. The molecule has 1 aromatic rings. The second-order valence-electron chi connectivity index (χ2n) is 4.00. The lowest BCUT2D eigenvalue weighted by atomic mass is 10.1. The van der Waals surface area contributed by atoms with Crippen molar-refractivity contribution in [1.29, 1.82) is 0 Å². The smallest absolute Gasteiger partial charge is 0.374 e. The third kappa shape index (κ3) is 1.91. The first-order valence-corrected chi connectivity index (χ1v) is 5.02. The number of hydrogen-bond donors (Lipinski definition) is 1. The molecule has 1 aliphatic rings. The average molecular weight is 231 g/mol. The summed E-state index contributed by atoms with van der Waals surface area (Å²) in [6, 6.07) is 0. The van der Waals surface area contributed by atoms with Gasteiger partial charge in [-0.3, -0.25) is 0 Å². The van der Waals surface area contributed by atoms with Gasteiger partial charge in [0.15, 0.2) is 11.6 Å². The zero-order chi connectivity index (χ0) is 11.9. The van der Waals surface area contributed by atoms with Gasteiger partial charge in [0.1, 0.15) is 0 Å². The van der Waals surface area contributed by atoms with Crippen LogP contribution in [0.15, 0.2) is 4.42 Å². The predicted octanol–water partition coefficient (Wildman–Crippen LogP) is 2.82. The molecule has 1 fully saturated rings. The minimum Gasteiger partial charge on any atom is -0.475 e. The molecule has 0 saturated heterocycles. The first-order chi connectivity index (χ1) is 7.50. The lowest BCUT2D eigenvalue weighted by molar-refractivity contribution is 0.0643. The zero-order valence-corrected chi connectivity index (χ0v) is 8.61. The Balaban J connectivity index is 2.33. The summed E-state index contributed by atoms with van der Waals surface area (Å²) in [5.41, 5.74) is -0.769. The van der Waals surface area contributed by atoms with Crippen LogP contribution in [0.5, 0.6) is 0 Å². The molecule has 1 atom stereocenters. The lowest BCUT2D eigenvalue weighted by Gasteiger charge is -2.02. The highest BCUT2D eigenvalue weighted by molar-refractivity contribution is 5.85. The van der Waals surface area contributed by atoms with Gasteiger partial charge >= 0.3 is 5.97 Å². The topological polar surface area (TPSA) is 63.3 Å². The van der Waals surface area contributed by atoms with Crippen LogP contribution in [-0.4, -0.2) is 16.1 Å². The van der Waals surface area contributed by atoms with Crippen molar-refractivity contribution in [3.63, 3.8) is 0 Å². The Morgan fingerprint density at radius 2 is 2.19 bits per heavy atom. The molecule has 88 valence electrons. The fraction of sp³-hybridized carbons (Fsp3) is 0.600. The van der Waals surface area contributed by atoms with Gasteiger partial charge in [0.05, 0.1) is 0 Å². The fourth-order valence-corrected chi connectivity index (χ4v) is 1.64. The molecule has 4 nitrogen and oxygen atoms in total. The van der Waals surface area contributed by atoms with E-state index in [1.807, 2.05) is 6.92 Å². The Labute approximate surface area is 90.3 Å². The minimum atomic E-state index is -2.92. The van der Waals surface area contributed by atoms with Crippen molar-refractivity contribution < 1.29 is 23.1 Å². The van der Waals surface area contributed by atoms with Crippen LogP contribution < -0.4 is 0 Å². The molecule has 1 unspecified atom stereocenters. The van der Waals surface area contributed by atoms with Gasteiger partial charge in [-0.1, -0.05) is 6.92 Å². The molecule has 2 rings (SSSR count). The van der Waals surface area contributed by atoms with E-state index in [1.54, 1.807) is 0 Å². The van der Waals surface area contributed by atoms with Crippen LogP contribution in [-0.2, 0) is 0 Å². The maximum atomic E-state index is 12.5. The van der Waals surface area contributed by atoms with Crippen molar-refractivity contribution in [3.05, 3.63) is 17.3 Å². The van der Waals surface area contributed by atoms with Crippen molar-refractivity contribution >= 4 is 5.97 Å². The van der Waals surface area contributed by atoms with Crippen LogP contribution in [0.2, 0.25) is 0 Å². The minimum absolute atomic E-state index is 0.0920. The van der Waals surface area contributed by atoms with Gasteiger partial charge in [0.2, 0.25) is 5.76 Å². The molecule has 0 aromatic carbocycles. The van der Waals surface area contributed by atoms with Crippen molar-refractivity contribution in [3.8, 4) is 0 Å². The first-order valence-electron chi connectivity index (χ1n) is 5.02. The van der Waals surface area contributed by atoms with E-state index in [0.29, 0.717) is 5.92 Å². The van der Waals surface area contributed by atoms with Gasteiger partial charge in [-0.15, -0.1) is 0 Å². The van der Waals surface area contributed by atoms with Gasteiger partial charge in [-0.05, 0) is 18.8 Å². The van der Waals surface area contributed by atoms with Crippen LogP contribution >= 0.6 is 0 Å². The first kappa shape index (κ1) is 11.0. The molecule has 1 aromatic heterocycles. The Bertz CT molecular complexity index is 412. The highest BCUT2D eigenvalue weighted by atomic mass is 19.3. The highest BCUT2D eigenvalue weighted by Gasteiger charge is 2.35. The van der Waals surface area contributed by atoms with Crippen molar-refractivity contribution in [2.75, 3.05) is 0 Å². The number of carboxylic acids is 1. The molecular formula is C10H11F2NO3. The Morgan fingerprint density at radius 3 is 2.56 bits per heavy atom. The molecular weight excluding hydrogens is 220 g/mol. The molecule has 1 N–H and O–H groups in total. The molecule has 0 amide bonds. The summed E-state index contributed by atoms with van der Waals surface area (Å²) in [6.07, 6.45) is -0.902. The van der Waals surface area contributed by atoms with E-state index < -0.39 is 23.8 Å². The number of alkyl halides is 2.